The summed E-state index contributed by atoms with van der Waals surface area (Å²) in [5, 5.41) is 4.64. The largest absolute Gasteiger partial charge is 0.311 e. The Kier molecular flexibility index (Phi) is 17.3. The second-order valence-corrected chi connectivity index (χ2v) is 31.4. The first-order valence-corrected chi connectivity index (χ1v) is 40.2. The highest BCUT2D eigenvalue weighted by atomic mass is 15.2. The summed E-state index contributed by atoms with van der Waals surface area (Å²) in [7, 11) is 0. The van der Waals surface area contributed by atoms with Crippen LogP contribution < -0.4 is 9.80 Å². The van der Waals surface area contributed by atoms with Gasteiger partial charge in [0.15, 0.2) is 23.3 Å². The van der Waals surface area contributed by atoms with Crippen molar-refractivity contribution in [3.8, 4) is 102 Å². The van der Waals surface area contributed by atoms with Crippen molar-refractivity contribution in [2.45, 2.75) is 38.5 Å². The van der Waals surface area contributed by atoms with Crippen LogP contribution in [0.25, 0.3) is 146 Å². The van der Waals surface area contributed by atoms with E-state index in [1.54, 1.807) is 0 Å². The van der Waals surface area contributed by atoms with Gasteiger partial charge in [-0.25, -0.2) is 9.97 Å². The maximum atomic E-state index is 5.27. The Bertz CT molecular complexity index is 7030. The summed E-state index contributed by atoms with van der Waals surface area (Å²) >= 11 is 0. The van der Waals surface area contributed by atoms with Crippen LogP contribution in [0.2, 0.25) is 0 Å². The molecule has 4 aromatic heterocycles. The number of benzene rings is 16. The van der Waals surface area contributed by atoms with E-state index in [-0.39, 0.29) is 10.8 Å². The van der Waals surface area contributed by atoms with Crippen molar-refractivity contribution in [3.05, 3.63) is 423 Å². The average Bonchev–Trinajstić information content (AvgIpc) is 1.59. The van der Waals surface area contributed by atoms with Gasteiger partial charge in [0, 0.05) is 88.8 Å². The molecule has 0 N–H and O–H groups in total. The number of hydrogen-bond donors (Lipinski definition) is 0. The number of nitrogens with zero attached hydrogens (tertiary/aromatic N) is 10. The molecule has 0 unspecified atom stereocenters. The van der Waals surface area contributed by atoms with Crippen molar-refractivity contribution in [1.29, 1.82) is 0 Å². The van der Waals surface area contributed by atoms with Crippen LogP contribution >= 0.6 is 0 Å². The van der Waals surface area contributed by atoms with Gasteiger partial charge in [-0.1, -0.05) is 319 Å². The predicted octanol–water partition coefficient (Wildman–Crippen LogP) is 27.5. The monoisotopic (exact) mass is 1510 g/mol. The lowest BCUT2D eigenvalue weighted by molar-refractivity contribution is 0.660. The van der Waals surface area contributed by atoms with Gasteiger partial charge in [-0.3, -0.25) is 9.13 Å². The van der Waals surface area contributed by atoms with E-state index < -0.39 is 0 Å². The SMILES string of the molecule is CC1(C)c2ccccc2-c2ccc(-c3nc(-c4ccc(-c5ccc(N(c6ccccc6)c6ccccc6)cc5)cc4)nc(-n4c5ccccc5c5ccccc54)n3)cc21.CC1(C)c2ccccc2-c2ccc(-c3nc(-c4ccc(-c5cccc(N(c6ccccc6)c6ccccc6)c5)cc4)nc(-n4c5ccccc5c5ccccc54)n3)cc21. The number of hydrogen-bond acceptors (Lipinski definition) is 8. The molecule has 16 aromatic carbocycles. The predicted molar refractivity (Wildman–Crippen MR) is 485 cm³/mol. The van der Waals surface area contributed by atoms with Gasteiger partial charge in [-0.15, -0.1) is 0 Å². The summed E-state index contributed by atoms with van der Waals surface area (Å²) in [6.45, 7) is 9.23. The molecule has 22 rings (SSSR count). The van der Waals surface area contributed by atoms with E-state index in [4.69, 9.17) is 29.9 Å². The lowest BCUT2D eigenvalue weighted by Crippen LogP contribution is -2.15. The fourth-order valence-corrected chi connectivity index (χ4v) is 17.9. The molecule has 10 heteroatoms. The summed E-state index contributed by atoms with van der Waals surface area (Å²) in [4.78, 5) is 36.0. The molecule has 0 fully saturated rings. The first-order valence-electron chi connectivity index (χ1n) is 40.2. The smallest absolute Gasteiger partial charge is 0.238 e. The van der Waals surface area contributed by atoms with Crippen molar-refractivity contribution < 1.29 is 0 Å². The van der Waals surface area contributed by atoms with Crippen LogP contribution in [0.5, 0.6) is 0 Å². The van der Waals surface area contributed by atoms with E-state index in [9.17, 15) is 0 Å². The number of para-hydroxylation sites is 8. The highest BCUT2D eigenvalue weighted by molar-refractivity contribution is 6.10. The van der Waals surface area contributed by atoms with Gasteiger partial charge in [0.25, 0.3) is 0 Å². The lowest BCUT2D eigenvalue weighted by Gasteiger charge is -2.25. The Morgan fingerprint density at radius 1 is 0.195 bits per heavy atom. The van der Waals surface area contributed by atoms with Gasteiger partial charge >= 0.3 is 0 Å². The van der Waals surface area contributed by atoms with Gasteiger partial charge in [0.1, 0.15) is 0 Å². The molecular formula is C108H78N10. The molecule has 20 aromatic rings. The third-order valence-corrected chi connectivity index (χ3v) is 23.7. The maximum absolute atomic E-state index is 5.27. The molecule has 2 aliphatic rings. The molecule has 0 amide bonds. The molecule has 0 radical (unpaired) electrons. The van der Waals surface area contributed by atoms with Gasteiger partial charge < -0.3 is 9.80 Å². The van der Waals surface area contributed by atoms with Crippen LogP contribution in [0.15, 0.2) is 400 Å². The highest BCUT2D eigenvalue weighted by Gasteiger charge is 2.37. The van der Waals surface area contributed by atoms with Crippen LogP contribution in [0.1, 0.15) is 49.9 Å². The van der Waals surface area contributed by atoms with Crippen LogP contribution in [0, 0.1) is 0 Å². The maximum Gasteiger partial charge on any atom is 0.238 e. The fraction of sp³-hybridized carbons (Fsp3) is 0.0556. The Labute approximate surface area is 685 Å². The first-order chi connectivity index (χ1) is 58.0. The van der Waals surface area contributed by atoms with Crippen LogP contribution in [0.3, 0.4) is 0 Å². The quantitative estimate of drug-likeness (QED) is 0.106. The average molecular weight is 1520 g/mol. The minimum Gasteiger partial charge on any atom is -0.311 e. The third-order valence-electron chi connectivity index (χ3n) is 23.7. The zero-order valence-electron chi connectivity index (χ0n) is 65.6. The summed E-state index contributed by atoms with van der Waals surface area (Å²) in [5.41, 5.74) is 29.1. The standard InChI is InChI=1S/2C54H39N5/c1-54(2)47-25-12-9-22-43(47)44-33-32-39(35-48(44)54)52-55-51(56-53(57-52)59-49-26-13-10-23-45(49)46-24-11-14-27-50(46)59)37-30-28-36(29-31-37)38-16-15-21-42(34-38)58(40-17-5-3-6-18-40)41-19-7-4-8-20-41;1-54(2)47-22-12-9-19-43(47)44-34-31-39(35-48(44)54)52-55-51(56-53(57-52)59-49-23-13-10-20-45(49)46-21-11-14-24-50(46)59)38-27-25-36(26-28-38)37-29-32-42(33-30-37)58(40-15-5-3-6-16-40)41-17-7-4-8-18-41/h2*3-35H,1-2H3. The molecule has 0 atom stereocenters. The molecular weight excluding hydrogens is 1440 g/mol. The van der Waals surface area contributed by atoms with E-state index in [0.29, 0.717) is 35.2 Å². The van der Waals surface area contributed by atoms with E-state index >= 15 is 0 Å². The first kappa shape index (κ1) is 70.6. The number of aromatic nitrogens is 8. The molecule has 0 saturated heterocycles. The summed E-state index contributed by atoms with van der Waals surface area (Å²) in [6, 6.07) is 141. The molecule has 118 heavy (non-hydrogen) atoms. The molecule has 0 spiro atoms. The van der Waals surface area contributed by atoms with Crippen molar-refractivity contribution in [3.63, 3.8) is 0 Å². The molecule has 0 bridgehead atoms. The number of fused-ring (bicyclic) bond motifs is 12. The highest BCUT2D eigenvalue weighted by Crippen LogP contribution is 2.52. The zero-order chi connectivity index (χ0) is 79.0. The van der Waals surface area contributed by atoms with Crippen LogP contribution in [-0.4, -0.2) is 39.0 Å². The summed E-state index contributed by atoms with van der Waals surface area (Å²) in [6.07, 6.45) is 0. The Morgan fingerprint density at radius 2 is 0.466 bits per heavy atom. The Morgan fingerprint density at radius 3 is 0.847 bits per heavy atom. The zero-order valence-corrected chi connectivity index (χ0v) is 65.6. The minimum absolute atomic E-state index is 0.150. The molecule has 10 nitrogen and oxygen atoms in total. The van der Waals surface area contributed by atoms with Crippen molar-refractivity contribution >= 4 is 77.7 Å². The lowest BCUT2D eigenvalue weighted by atomic mass is 9.82. The van der Waals surface area contributed by atoms with Crippen LogP contribution in [-0.2, 0) is 10.8 Å². The van der Waals surface area contributed by atoms with Gasteiger partial charge in [0.2, 0.25) is 11.9 Å². The van der Waals surface area contributed by atoms with Gasteiger partial charge in [-0.2, -0.15) is 19.9 Å². The van der Waals surface area contributed by atoms with Crippen molar-refractivity contribution in [2.75, 3.05) is 9.80 Å². The van der Waals surface area contributed by atoms with Crippen molar-refractivity contribution in [1.82, 2.24) is 39.0 Å². The van der Waals surface area contributed by atoms with Gasteiger partial charge in [-0.05, 0) is 176 Å². The fourth-order valence-electron chi connectivity index (χ4n) is 17.9. The minimum atomic E-state index is -0.153. The normalized spacial score (nSPS) is 12.7. The van der Waals surface area contributed by atoms with Crippen molar-refractivity contribution in [2.24, 2.45) is 0 Å². The summed E-state index contributed by atoms with van der Waals surface area (Å²) in [5.74, 6) is 3.70. The van der Waals surface area contributed by atoms with E-state index in [1.807, 2.05) is 0 Å². The molecule has 0 saturated carbocycles. The second kappa shape index (κ2) is 29.0. The van der Waals surface area contributed by atoms with E-state index in [0.717, 1.165) is 122 Å². The van der Waals surface area contributed by atoms with E-state index in [2.05, 4.69) is 447 Å². The topological polar surface area (TPSA) is 93.7 Å². The Hall–Kier alpha value is -15.3. The molecule has 0 aliphatic heterocycles. The summed E-state index contributed by atoms with van der Waals surface area (Å²) < 4.78 is 4.36. The van der Waals surface area contributed by atoms with Crippen LogP contribution in [0.4, 0.5) is 34.1 Å². The number of rotatable bonds is 14. The third kappa shape index (κ3) is 12.4. The second-order valence-electron chi connectivity index (χ2n) is 31.4. The van der Waals surface area contributed by atoms with Gasteiger partial charge in [0.05, 0.1) is 22.1 Å². The Balaban J connectivity index is 0.000000147. The molecule has 2 aliphatic carbocycles. The molecule has 560 valence electrons. The number of anilines is 6. The van der Waals surface area contributed by atoms with E-state index in [1.165, 1.54) is 44.5 Å². The molecule has 4 heterocycles.